The molecule has 0 saturated carbocycles. The first-order chi connectivity index (χ1) is 12.1. The number of hydrogen-bond acceptors (Lipinski definition) is 3. The van der Waals surface area contributed by atoms with E-state index in [1.165, 1.54) is 0 Å². The molecule has 2 aliphatic heterocycles. The van der Waals surface area contributed by atoms with Crippen LogP contribution in [0.1, 0.15) is 43.4 Å². The van der Waals surface area contributed by atoms with E-state index in [1.54, 1.807) is 6.20 Å². The fourth-order valence-electron chi connectivity index (χ4n) is 4.09. The number of carbonyl (C=O) groups is 2. The Labute approximate surface area is 147 Å². The fourth-order valence-corrected chi connectivity index (χ4v) is 4.09. The number of hydrogen-bond donors (Lipinski definition) is 0. The molecule has 6 nitrogen and oxygen atoms in total. The fraction of sp³-hybridized carbons (Fsp3) is 0.526. The van der Waals surface area contributed by atoms with Crippen LogP contribution in [-0.4, -0.2) is 50.3 Å². The van der Waals surface area contributed by atoms with Crippen LogP contribution in [0, 0.1) is 6.92 Å². The predicted molar refractivity (Wildman–Crippen MR) is 93.9 cm³/mol. The number of rotatable bonds is 2. The highest BCUT2D eigenvalue weighted by Gasteiger charge is 2.36. The van der Waals surface area contributed by atoms with Gasteiger partial charge in [-0.25, -0.2) is 4.98 Å². The molecule has 2 fully saturated rings. The Morgan fingerprint density at radius 2 is 2.16 bits per heavy atom. The van der Waals surface area contributed by atoms with Gasteiger partial charge in [-0.05, 0) is 37.8 Å². The zero-order valence-electron chi connectivity index (χ0n) is 14.6. The van der Waals surface area contributed by atoms with Gasteiger partial charge in [0, 0.05) is 31.9 Å². The van der Waals surface area contributed by atoms with Crippen LogP contribution in [0.3, 0.4) is 0 Å². The van der Waals surface area contributed by atoms with E-state index in [9.17, 15) is 9.59 Å². The van der Waals surface area contributed by atoms with Gasteiger partial charge < -0.3 is 14.2 Å². The third kappa shape index (κ3) is 2.90. The quantitative estimate of drug-likeness (QED) is 0.842. The van der Waals surface area contributed by atoms with E-state index in [4.69, 9.17) is 0 Å². The molecule has 2 saturated heterocycles. The minimum Gasteiger partial charge on any atom is -0.322 e. The first kappa shape index (κ1) is 16.1. The van der Waals surface area contributed by atoms with Gasteiger partial charge in [0.25, 0.3) is 0 Å². The molecule has 4 rings (SSSR count). The standard InChI is InChI=1S/C19H24N4O2/c1-14-6-5-10-21-15(13-20-19(14)21)12-18(25)23-11-8-17(24)22-9-4-2-3-7-16(22)23/h5-6,10,13,16H,2-4,7-9,11-12H2,1H3. The Kier molecular flexibility index (Phi) is 4.19. The molecule has 0 aliphatic carbocycles. The van der Waals surface area contributed by atoms with Gasteiger partial charge in [0.1, 0.15) is 11.8 Å². The molecule has 1 atom stereocenters. The molecule has 0 bridgehead atoms. The molecular formula is C19H24N4O2. The summed E-state index contributed by atoms with van der Waals surface area (Å²) in [5.74, 6) is 0.286. The summed E-state index contributed by atoms with van der Waals surface area (Å²) >= 11 is 0. The van der Waals surface area contributed by atoms with Crippen LogP contribution in [0.4, 0.5) is 0 Å². The third-order valence-corrected chi connectivity index (χ3v) is 5.43. The molecule has 132 valence electrons. The van der Waals surface area contributed by atoms with Crippen molar-refractivity contribution in [3.8, 4) is 0 Å². The van der Waals surface area contributed by atoms with E-state index >= 15 is 0 Å². The lowest BCUT2D eigenvalue weighted by Gasteiger charge is -2.43. The number of fused-ring (bicyclic) bond motifs is 2. The van der Waals surface area contributed by atoms with Gasteiger partial charge in [-0.2, -0.15) is 0 Å². The number of amides is 2. The zero-order chi connectivity index (χ0) is 17.4. The van der Waals surface area contributed by atoms with Crippen molar-refractivity contribution >= 4 is 17.5 Å². The van der Waals surface area contributed by atoms with Gasteiger partial charge in [0.05, 0.1) is 12.1 Å². The number of imidazole rings is 1. The monoisotopic (exact) mass is 340 g/mol. The molecule has 2 amide bonds. The maximum atomic E-state index is 13.0. The van der Waals surface area contributed by atoms with Crippen molar-refractivity contribution in [1.29, 1.82) is 0 Å². The number of aryl methyl sites for hydroxylation is 1. The smallest absolute Gasteiger partial charge is 0.230 e. The number of pyridine rings is 1. The molecule has 0 N–H and O–H groups in total. The van der Waals surface area contributed by atoms with E-state index in [0.29, 0.717) is 19.4 Å². The summed E-state index contributed by atoms with van der Waals surface area (Å²) < 4.78 is 1.99. The molecule has 2 aromatic rings. The van der Waals surface area contributed by atoms with Crippen molar-refractivity contribution in [2.24, 2.45) is 0 Å². The second-order valence-electron chi connectivity index (χ2n) is 7.07. The topological polar surface area (TPSA) is 57.9 Å². The number of nitrogens with zero attached hydrogens (tertiary/aromatic N) is 4. The van der Waals surface area contributed by atoms with Crippen LogP contribution in [0.15, 0.2) is 24.5 Å². The van der Waals surface area contributed by atoms with E-state index in [-0.39, 0.29) is 18.0 Å². The maximum absolute atomic E-state index is 13.0. The molecule has 4 heterocycles. The highest BCUT2D eigenvalue weighted by atomic mass is 16.2. The summed E-state index contributed by atoms with van der Waals surface area (Å²) in [4.78, 5) is 33.6. The summed E-state index contributed by atoms with van der Waals surface area (Å²) in [7, 11) is 0. The van der Waals surface area contributed by atoms with Crippen molar-refractivity contribution in [3.63, 3.8) is 0 Å². The van der Waals surface area contributed by atoms with Crippen LogP contribution in [0.25, 0.3) is 5.65 Å². The predicted octanol–water partition coefficient (Wildman–Crippen LogP) is 2.15. The Balaban J connectivity index is 1.57. The lowest BCUT2D eigenvalue weighted by molar-refractivity contribution is -0.153. The van der Waals surface area contributed by atoms with Gasteiger partial charge in [0.15, 0.2) is 0 Å². The van der Waals surface area contributed by atoms with E-state index in [2.05, 4.69) is 4.98 Å². The minimum atomic E-state index is -0.0582. The summed E-state index contributed by atoms with van der Waals surface area (Å²) in [5, 5.41) is 0. The first-order valence-electron chi connectivity index (χ1n) is 9.15. The third-order valence-electron chi connectivity index (χ3n) is 5.43. The van der Waals surface area contributed by atoms with Crippen molar-refractivity contribution in [3.05, 3.63) is 35.8 Å². The molecule has 25 heavy (non-hydrogen) atoms. The number of carbonyl (C=O) groups excluding carboxylic acids is 2. The van der Waals surface area contributed by atoms with Gasteiger partial charge in [0.2, 0.25) is 11.8 Å². The number of aromatic nitrogens is 2. The maximum Gasteiger partial charge on any atom is 0.230 e. The van der Waals surface area contributed by atoms with Crippen molar-refractivity contribution in [1.82, 2.24) is 19.2 Å². The second-order valence-corrected chi connectivity index (χ2v) is 7.07. The van der Waals surface area contributed by atoms with Gasteiger partial charge in [-0.3, -0.25) is 9.59 Å². The lowest BCUT2D eigenvalue weighted by atomic mass is 10.1. The Morgan fingerprint density at radius 3 is 3.04 bits per heavy atom. The van der Waals surface area contributed by atoms with Crippen molar-refractivity contribution < 1.29 is 9.59 Å². The van der Waals surface area contributed by atoms with Crippen LogP contribution >= 0.6 is 0 Å². The average molecular weight is 340 g/mol. The van der Waals surface area contributed by atoms with Crippen molar-refractivity contribution in [2.45, 2.75) is 51.6 Å². The summed E-state index contributed by atoms with van der Waals surface area (Å²) in [6.07, 6.45) is 8.59. The van der Waals surface area contributed by atoms with Gasteiger partial charge >= 0.3 is 0 Å². The molecule has 1 unspecified atom stereocenters. The SMILES string of the molecule is Cc1cccn2c(CC(=O)N3CCC(=O)N4CCCCCC43)cnc12. The summed E-state index contributed by atoms with van der Waals surface area (Å²) in [5.41, 5.74) is 2.90. The Morgan fingerprint density at radius 1 is 1.28 bits per heavy atom. The minimum absolute atomic E-state index is 0.0582. The Bertz CT molecular complexity index is 813. The summed E-state index contributed by atoms with van der Waals surface area (Å²) in [6, 6.07) is 4.00. The van der Waals surface area contributed by atoms with Gasteiger partial charge in [-0.15, -0.1) is 0 Å². The van der Waals surface area contributed by atoms with Crippen LogP contribution in [-0.2, 0) is 16.0 Å². The highest BCUT2D eigenvalue weighted by molar-refractivity contribution is 5.83. The molecule has 0 aromatic carbocycles. The molecule has 2 aromatic heterocycles. The van der Waals surface area contributed by atoms with Gasteiger partial charge in [-0.1, -0.05) is 12.5 Å². The molecule has 2 aliphatic rings. The van der Waals surface area contributed by atoms with E-state index in [1.807, 2.05) is 39.5 Å². The highest BCUT2D eigenvalue weighted by Crippen LogP contribution is 2.25. The van der Waals surface area contributed by atoms with Crippen LogP contribution in [0.2, 0.25) is 0 Å². The van der Waals surface area contributed by atoms with Crippen LogP contribution in [0.5, 0.6) is 0 Å². The normalized spacial score (nSPS) is 21.3. The largest absolute Gasteiger partial charge is 0.322 e. The zero-order valence-corrected chi connectivity index (χ0v) is 14.6. The Hall–Kier alpha value is -2.37. The molecule has 0 spiro atoms. The molecular weight excluding hydrogens is 316 g/mol. The van der Waals surface area contributed by atoms with Crippen molar-refractivity contribution in [2.75, 3.05) is 13.1 Å². The second kappa shape index (κ2) is 6.50. The first-order valence-corrected chi connectivity index (χ1v) is 9.15. The van der Waals surface area contributed by atoms with Crippen LogP contribution < -0.4 is 0 Å². The average Bonchev–Trinajstić information content (AvgIpc) is 2.85. The molecule has 0 radical (unpaired) electrons. The lowest BCUT2D eigenvalue weighted by Crippen LogP contribution is -2.58. The summed E-state index contributed by atoms with van der Waals surface area (Å²) in [6.45, 7) is 3.34. The van der Waals surface area contributed by atoms with E-state index in [0.717, 1.165) is 49.1 Å². The van der Waals surface area contributed by atoms with E-state index < -0.39 is 0 Å². The molecule has 6 heteroatoms.